The standard InChI is InChI=1S/C31H32N2O7S/c1-6-12-39-23-11-8-19(15-24(23)38-7-2)26-25(27(35)20-9-10-22-21(14-20)13-16(3)40-22)28(36)30(37)33(26)31-32-17(4)29(41-31)18(5)34/h8-11,14-16,26,35H,6-7,12-13H2,1-5H3/b27-25+/t16-,26+/m1/s1. The number of amides is 1. The third kappa shape index (κ3) is 5.19. The zero-order chi connectivity index (χ0) is 29.4. The Kier molecular flexibility index (Phi) is 7.86. The molecule has 2 aliphatic heterocycles. The summed E-state index contributed by atoms with van der Waals surface area (Å²) in [5.74, 6) is -0.474. The molecule has 0 bridgehead atoms. The number of ketones is 2. The van der Waals surface area contributed by atoms with E-state index in [1.54, 1.807) is 43.3 Å². The highest BCUT2D eigenvalue weighted by Crippen LogP contribution is 2.46. The summed E-state index contributed by atoms with van der Waals surface area (Å²) in [6.07, 6.45) is 1.47. The molecule has 0 spiro atoms. The number of Topliss-reactive ketones (excluding diaryl/α,β-unsaturated/α-hetero) is 2. The zero-order valence-electron chi connectivity index (χ0n) is 23.6. The average molecular weight is 577 g/mol. The van der Waals surface area contributed by atoms with Crippen LogP contribution in [0.3, 0.4) is 0 Å². The second kappa shape index (κ2) is 11.4. The van der Waals surface area contributed by atoms with E-state index < -0.39 is 17.7 Å². The molecule has 5 rings (SSSR count). The quantitative estimate of drug-likeness (QED) is 0.147. The Balaban J connectivity index is 1.70. The summed E-state index contributed by atoms with van der Waals surface area (Å²) in [4.78, 5) is 45.6. The van der Waals surface area contributed by atoms with Crippen LogP contribution in [0.1, 0.15) is 72.2 Å². The molecule has 2 aliphatic rings. The number of hydrogen-bond acceptors (Lipinski definition) is 9. The number of fused-ring (bicyclic) bond motifs is 1. The lowest BCUT2D eigenvalue weighted by molar-refractivity contribution is -0.132. The summed E-state index contributed by atoms with van der Waals surface area (Å²) >= 11 is 1.04. The van der Waals surface area contributed by atoms with Gasteiger partial charge in [-0.25, -0.2) is 4.98 Å². The van der Waals surface area contributed by atoms with Crippen molar-refractivity contribution in [2.75, 3.05) is 18.1 Å². The molecule has 1 fully saturated rings. The second-order valence-corrected chi connectivity index (χ2v) is 11.1. The average Bonchev–Trinajstić information content (AvgIpc) is 3.59. The van der Waals surface area contributed by atoms with Crippen molar-refractivity contribution in [3.63, 3.8) is 0 Å². The normalized spacial score (nSPS) is 19.3. The molecule has 0 aliphatic carbocycles. The molecule has 41 heavy (non-hydrogen) atoms. The van der Waals surface area contributed by atoms with Gasteiger partial charge in [0.05, 0.1) is 35.4 Å². The highest BCUT2D eigenvalue weighted by molar-refractivity contribution is 7.18. The number of thiazole rings is 1. The van der Waals surface area contributed by atoms with Gasteiger partial charge in [0.25, 0.3) is 5.78 Å². The number of aryl methyl sites for hydroxylation is 1. The number of nitrogens with zero attached hydrogens (tertiary/aromatic N) is 2. The highest BCUT2D eigenvalue weighted by atomic mass is 32.1. The van der Waals surface area contributed by atoms with Crippen LogP contribution in [0.4, 0.5) is 5.13 Å². The Bertz CT molecular complexity index is 1570. The summed E-state index contributed by atoms with van der Waals surface area (Å²) in [6, 6.07) is 9.39. The van der Waals surface area contributed by atoms with Crippen molar-refractivity contribution in [1.29, 1.82) is 0 Å². The molecule has 1 saturated heterocycles. The maximum Gasteiger partial charge on any atom is 0.301 e. The van der Waals surface area contributed by atoms with Gasteiger partial charge >= 0.3 is 5.91 Å². The molecule has 3 aromatic rings. The monoisotopic (exact) mass is 576 g/mol. The van der Waals surface area contributed by atoms with Crippen LogP contribution in [-0.4, -0.2) is 46.9 Å². The first kappa shape index (κ1) is 28.4. The minimum absolute atomic E-state index is 0.00187. The minimum Gasteiger partial charge on any atom is -0.507 e. The van der Waals surface area contributed by atoms with E-state index in [-0.39, 0.29) is 28.4 Å². The number of hydrogen-bond donors (Lipinski definition) is 1. The van der Waals surface area contributed by atoms with Crippen molar-refractivity contribution in [2.45, 2.75) is 59.6 Å². The number of aromatic nitrogens is 1. The molecule has 3 heterocycles. The lowest BCUT2D eigenvalue weighted by atomic mass is 9.94. The van der Waals surface area contributed by atoms with E-state index in [1.165, 1.54) is 11.8 Å². The zero-order valence-corrected chi connectivity index (χ0v) is 24.5. The molecule has 1 amide bonds. The predicted octanol–water partition coefficient (Wildman–Crippen LogP) is 5.79. The third-order valence-corrected chi connectivity index (χ3v) is 8.23. The molecular weight excluding hydrogens is 544 g/mol. The Labute approximate surface area is 242 Å². The number of aliphatic hydroxyl groups is 1. The van der Waals surface area contributed by atoms with Crippen molar-refractivity contribution < 1.29 is 33.7 Å². The van der Waals surface area contributed by atoms with Crippen molar-refractivity contribution in [3.05, 3.63) is 69.2 Å². The van der Waals surface area contributed by atoms with Gasteiger partial charge in [-0.3, -0.25) is 19.3 Å². The third-order valence-electron chi connectivity index (χ3n) is 6.97. The molecular formula is C31H32N2O7S. The number of benzene rings is 2. The van der Waals surface area contributed by atoms with E-state index in [1.807, 2.05) is 20.8 Å². The van der Waals surface area contributed by atoms with Crippen molar-refractivity contribution in [1.82, 2.24) is 4.98 Å². The van der Waals surface area contributed by atoms with E-state index in [0.29, 0.717) is 52.8 Å². The van der Waals surface area contributed by atoms with Crippen LogP contribution < -0.4 is 19.1 Å². The Hall–Kier alpha value is -4.18. The molecule has 0 saturated carbocycles. The first-order chi connectivity index (χ1) is 19.6. The van der Waals surface area contributed by atoms with E-state index >= 15 is 0 Å². The topological polar surface area (TPSA) is 115 Å². The number of carbonyl (C=O) groups is 3. The second-order valence-electron chi connectivity index (χ2n) is 10.1. The van der Waals surface area contributed by atoms with Crippen LogP contribution in [0.2, 0.25) is 0 Å². The van der Waals surface area contributed by atoms with E-state index in [2.05, 4.69) is 4.98 Å². The van der Waals surface area contributed by atoms with Crippen LogP contribution in [0, 0.1) is 6.92 Å². The van der Waals surface area contributed by atoms with Crippen LogP contribution in [-0.2, 0) is 16.0 Å². The Morgan fingerprint density at radius 3 is 2.61 bits per heavy atom. The molecule has 1 N–H and O–H groups in total. The number of anilines is 1. The number of carbonyl (C=O) groups excluding carboxylic acids is 3. The van der Waals surface area contributed by atoms with Crippen LogP contribution >= 0.6 is 11.3 Å². The summed E-state index contributed by atoms with van der Waals surface area (Å²) in [7, 11) is 0. The smallest absolute Gasteiger partial charge is 0.301 e. The van der Waals surface area contributed by atoms with Crippen molar-refractivity contribution >= 4 is 39.7 Å². The van der Waals surface area contributed by atoms with Gasteiger partial charge in [-0.05, 0) is 68.7 Å². The maximum absolute atomic E-state index is 13.6. The summed E-state index contributed by atoms with van der Waals surface area (Å²) in [6.45, 7) is 9.78. The fourth-order valence-electron chi connectivity index (χ4n) is 5.18. The first-order valence-electron chi connectivity index (χ1n) is 13.6. The van der Waals surface area contributed by atoms with Crippen molar-refractivity contribution in [2.24, 2.45) is 0 Å². The fourth-order valence-corrected chi connectivity index (χ4v) is 6.17. The SMILES string of the molecule is CCCOc1ccc([C@H]2/C(=C(\O)c3ccc4c(c3)C[C@@H](C)O4)C(=O)C(=O)N2c2nc(C)c(C(C)=O)s2)cc1OCC. The minimum atomic E-state index is -1.02. The number of rotatable bonds is 9. The summed E-state index contributed by atoms with van der Waals surface area (Å²) in [5.41, 5.74) is 2.21. The van der Waals surface area contributed by atoms with Gasteiger partial charge in [-0.2, -0.15) is 0 Å². The number of aliphatic hydroxyl groups excluding tert-OH is 1. The summed E-state index contributed by atoms with van der Waals surface area (Å²) in [5, 5.41) is 11.8. The van der Waals surface area contributed by atoms with Gasteiger partial charge in [-0.1, -0.05) is 24.3 Å². The molecule has 0 unspecified atom stereocenters. The van der Waals surface area contributed by atoms with Gasteiger partial charge in [0.1, 0.15) is 17.6 Å². The highest BCUT2D eigenvalue weighted by Gasteiger charge is 2.48. The molecule has 10 heteroatoms. The van der Waals surface area contributed by atoms with Crippen molar-refractivity contribution in [3.8, 4) is 17.2 Å². The molecule has 2 atom stereocenters. The van der Waals surface area contributed by atoms with Gasteiger partial charge < -0.3 is 19.3 Å². The first-order valence-corrected chi connectivity index (χ1v) is 14.4. The number of ether oxygens (including phenoxy) is 3. The molecule has 2 aromatic carbocycles. The molecule has 9 nitrogen and oxygen atoms in total. The van der Waals surface area contributed by atoms with Crippen LogP contribution in [0.15, 0.2) is 42.0 Å². The molecule has 214 valence electrons. The lowest BCUT2D eigenvalue weighted by Crippen LogP contribution is -2.29. The predicted molar refractivity (Wildman–Crippen MR) is 155 cm³/mol. The van der Waals surface area contributed by atoms with Gasteiger partial charge in [-0.15, -0.1) is 0 Å². The van der Waals surface area contributed by atoms with Crippen LogP contribution in [0.25, 0.3) is 5.76 Å². The van der Waals surface area contributed by atoms with Gasteiger partial charge in [0.2, 0.25) is 0 Å². The molecule has 0 radical (unpaired) electrons. The largest absolute Gasteiger partial charge is 0.507 e. The van der Waals surface area contributed by atoms with Crippen LogP contribution in [0.5, 0.6) is 17.2 Å². The van der Waals surface area contributed by atoms with E-state index in [0.717, 1.165) is 29.1 Å². The summed E-state index contributed by atoms with van der Waals surface area (Å²) < 4.78 is 17.5. The van der Waals surface area contributed by atoms with Gasteiger partial charge in [0.15, 0.2) is 22.4 Å². The van der Waals surface area contributed by atoms with E-state index in [4.69, 9.17) is 14.2 Å². The van der Waals surface area contributed by atoms with E-state index in [9.17, 15) is 19.5 Å². The maximum atomic E-state index is 13.6. The fraction of sp³-hybridized carbons (Fsp3) is 0.355. The lowest BCUT2D eigenvalue weighted by Gasteiger charge is -2.24. The Morgan fingerprint density at radius 2 is 1.93 bits per heavy atom. The molecule has 1 aromatic heterocycles. The van der Waals surface area contributed by atoms with Gasteiger partial charge in [0, 0.05) is 18.9 Å². The Morgan fingerprint density at radius 1 is 1.15 bits per heavy atom.